The van der Waals surface area contributed by atoms with Crippen LogP contribution in [-0.2, 0) is 14.3 Å². The number of carbonyl (C=O) groups is 1. The lowest BCUT2D eigenvalue weighted by Gasteiger charge is -2.26. The summed E-state index contributed by atoms with van der Waals surface area (Å²) in [4.78, 5) is 19.4. The number of anilines is 1. The Morgan fingerprint density at radius 3 is 2.88 bits per heavy atom. The molecule has 2 aromatic rings. The summed E-state index contributed by atoms with van der Waals surface area (Å²) in [7, 11) is 1.24. The zero-order valence-corrected chi connectivity index (χ0v) is 14.1. The molecule has 1 unspecified atom stereocenters. The number of methoxy groups -OCH3 is 1. The van der Waals surface area contributed by atoms with Gasteiger partial charge in [0, 0.05) is 6.08 Å². The van der Waals surface area contributed by atoms with Gasteiger partial charge >= 0.3 is 5.97 Å². The van der Waals surface area contributed by atoms with Gasteiger partial charge in [0.15, 0.2) is 11.9 Å². The average Bonchev–Trinajstić information content (AvgIpc) is 3.09. The van der Waals surface area contributed by atoms with E-state index in [9.17, 15) is 20.1 Å². The van der Waals surface area contributed by atoms with Crippen LogP contribution in [0.3, 0.4) is 0 Å². The van der Waals surface area contributed by atoms with Crippen molar-refractivity contribution in [2.45, 2.75) is 31.0 Å². The van der Waals surface area contributed by atoms with E-state index in [1.54, 1.807) is 0 Å². The second kappa shape index (κ2) is 6.61. The Kier molecular flexibility index (Phi) is 4.63. The minimum Gasteiger partial charge on any atom is -0.466 e. The number of carbonyl (C=O) groups excluding carboxylic acids is 1. The number of aliphatic hydroxyl groups is 3. The molecule has 1 fully saturated rings. The molecule has 3 heterocycles. The minimum atomic E-state index is -1.75. The number of aromatic nitrogens is 4. The number of aliphatic hydroxyl groups excluding tert-OH is 2. The molecule has 0 amide bonds. The number of hydrogen-bond donors (Lipinski definition) is 4. The molecule has 5 N–H and O–H groups in total. The Bertz CT molecular complexity index is 864. The van der Waals surface area contributed by atoms with Crippen LogP contribution in [0.15, 0.2) is 12.4 Å². The van der Waals surface area contributed by atoms with Gasteiger partial charge in [-0.1, -0.05) is 0 Å². The van der Waals surface area contributed by atoms with Crippen LogP contribution in [0.25, 0.3) is 17.1 Å². The van der Waals surface area contributed by atoms with E-state index in [0.717, 1.165) is 6.08 Å². The summed E-state index contributed by atoms with van der Waals surface area (Å²) in [6.45, 7) is 0.874. The molecule has 3 rings (SSSR count). The highest BCUT2D eigenvalue weighted by molar-refractivity contribution is 5.96. The van der Waals surface area contributed by atoms with Crippen molar-refractivity contribution >= 4 is 28.9 Å². The summed E-state index contributed by atoms with van der Waals surface area (Å²) in [6, 6.07) is 0. The molecule has 0 aliphatic carbocycles. The highest BCUT2D eigenvalue weighted by Gasteiger charge is 2.53. The zero-order chi connectivity index (χ0) is 19.1. The van der Waals surface area contributed by atoms with E-state index in [1.165, 1.54) is 31.1 Å². The Morgan fingerprint density at radius 2 is 2.27 bits per heavy atom. The molecule has 0 aromatic carbocycles. The first-order valence-electron chi connectivity index (χ1n) is 7.72. The normalized spacial score (nSPS) is 28.9. The van der Waals surface area contributed by atoms with E-state index < -0.39 is 36.6 Å². The Morgan fingerprint density at radius 1 is 1.54 bits per heavy atom. The first-order chi connectivity index (χ1) is 12.3. The van der Waals surface area contributed by atoms with Gasteiger partial charge in [-0.05, 0) is 13.0 Å². The van der Waals surface area contributed by atoms with Crippen molar-refractivity contribution in [2.75, 3.05) is 19.5 Å². The van der Waals surface area contributed by atoms with Crippen LogP contribution < -0.4 is 5.73 Å². The molecular weight excluding hydrogens is 346 g/mol. The van der Waals surface area contributed by atoms with E-state index in [-0.39, 0.29) is 17.2 Å². The van der Waals surface area contributed by atoms with Crippen molar-refractivity contribution < 1.29 is 29.6 Å². The third-order valence-electron chi connectivity index (χ3n) is 4.28. The zero-order valence-electron chi connectivity index (χ0n) is 14.1. The van der Waals surface area contributed by atoms with E-state index in [1.807, 2.05) is 0 Å². The number of rotatable bonds is 4. The summed E-state index contributed by atoms with van der Waals surface area (Å²) in [5.41, 5.74) is 4.64. The molecule has 1 aliphatic heterocycles. The third kappa shape index (κ3) is 2.80. The van der Waals surface area contributed by atoms with Crippen molar-refractivity contribution in [1.29, 1.82) is 0 Å². The van der Waals surface area contributed by atoms with Crippen LogP contribution in [-0.4, -0.2) is 72.6 Å². The highest BCUT2D eigenvalue weighted by atomic mass is 16.6. The minimum absolute atomic E-state index is 0.114. The predicted molar refractivity (Wildman–Crippen MR) is 88.4 cm³/mol. The highest BCUT2D eigenvalue weighted by Crippen LogP contribution is 2.39. The van der Waals surface area contributed by atoms with Gasteiger partial charge in [-0.3, -0.25) is 0 Å². The third-order valence-corrected chi connectivity index (χ3v) is 4.28. The second-order valence-electron chi connectivity index (χ2n) is 6.02. The predicted octanol–water partition coefficient (Wildman–Crippen LogP) is -1.40. The Balaban J connectivity index is 2.14. The van der Waals surface area contributed by atoms with Crippen molar-refractivity contribution in [3.63, 3.8) is 0 Å². The fourth-order valence-electron chi connectivity index (χ4n) is 2.87. The lowest BCUT2D eigenvalue weighted by Crippen LogP contribution is -2.44. The molecule has 11 nitrogen and oxygen atoms in total. The molecule has 0 spiro atoms. The van der Waals surface area contributed by atoms with Gasteiger partial charge in [0.25, 0.3) is 0 Å². The molecule has 2 aromatic heterocycles. The number of nitrogen functional groups attached to an aromatic ring is 1. The molecule has 11 heteroatoms. The second-order valence-corrected chi connectivity index (χ2v) is 6.02. The van der Waals surface area contributed by atoms with Crippen molar-refractivity contribution in [3.8, 4) is 0 Å². The standard InChI is InChI=1S/C15H19N5O6/c1-15(24)11(23)8(5-21)26-14(15)20-13-10(12(16)17-6-18-13)7(19-20)3-4-9(22)25-2/h3-4,6,8,11,14,21,23-24H,5H2,1-2H3,(H2,16,17,18)/b4-3+/t8-,11-,14?,15-/m1/s1. The maximum Gasteiger partial charge on any atom is 0.330 e. The summed E-state index contributed by atoms with van der Waals surface area (Å²) in [5, 5.41) is 34.8. The maximum absolute atomic E-state index is 11.4. The van der Waals surface area contributed by atoms with Crippen LogP contribution >= 0.6 is 0 Å². The molecule has 1 aliphatic rings. The first kappa shape index (κ1) is 18.2. The van der Waals surface area contributed by atoms with Crippen molar-refractivity contribution in [2.24, 2.45) is 0 Å². The van der Waals surface area contributed by atoms with Gasteiger partial charge in [0.2, 0.25) is 0 Å². The molecule has 1 saturated heterocycles. The largest absolute Gasteiger partial charge is 0.466 e. The van der Waals surface area contributed by atoms with Crippen LogP contribution in [0.1, 0.15) is 18.8 Å². The number of ether oxygens (including phenoxy) is 2. The molecule has 140 valence electrons. The molecule has 26 heavy (non-hydrogen) atoms. The van der Waals surface area contributed by atoms with Gasteiger partial charge in [0.05, 0.1) is 24.8 Å². The van der Waals surface area contributed by atoms with Gasteiger partial charge < -0.3 is 30.5 Å². The van der Waals surface area contributed by atoms with Crippen LogP contribution in [0.2, 0.25) is 0 Å². The van der Waals surface area contributed by atoms with E-state index in [4.69, 9.17) is 10.5 Å². The topological polar surface area (TPSA) is 166 Å². The summed E-state index contributed by atoms with van der Waals surface area (Å²) in [5.74, 6) is -0.481. The van der Waals surface area contributed by atoms with Gasteiger partial charge in [-0.15, -0.1) is 0 Å². The smallest absolute Gasteiger partial charge is 0.330 e. The quantitative estimate of drug-likeness (QED) is 0.374. The van der Waals surface area contributed by atoms with Crippen molar-refractivity contribution in [3.05, 3.63) is 18.1 Å². The van der Waals surface area contributed by atoms with Gasteiger partial charge in [0.1, 0.15) is 30.0 Å². The maximum atomic E-state index is 11.4. The fourth-order valence-corrected chi connectivity index (χ4v) is 2.87. The molecular formula is C15H19N5O6. The summed E-state index contributed by atoms with van der Waals surface area (Å²) >= 11 is 0. The number of nitrogens with zero attached hydrogens (tertiary/aromatic N) is 4. The summed E-state index contributed by atoms with van der Waals surface area (Å²) in [6.07, 6.45) is 0.248. The summed E-state index contributed by atoms with van der Waals surface area (Å²) < 4.78 is 11.4. The molecule has 0 radical (unpaired) electrons. The average molecular weight is 365 g/mol. The van der Waals surface area contributed by atoms with E-state index in [2.05, 4.69) is 19.8 Å². The number of esters is 1. The fraction of sp³-hybridized carbons (Fsp3) is 0.467. The first-order valence-corrected chi connectivity index (χ1v) is 7.72. The van der Waals surface area contributed by atoms with Crippen LogP contribution in [0, 0.1) is 0 Å². The number of hydrogen-bond acceptors (Lipinski definition) is 10. The molecule has 0 saturated carbocycles. The molecule has 4 atom stereocenters. The monoisotopic (exact) mass is 365 g/mol. The van der Waals surface area contributed by atoms with E-state index >= 15 is 0 Å². The Hall–Kier alpha value is -2.60. The number of fused-ring (bicyclic) bond motifs is 1. The lowest BCUT2D eigenvalue weighted by molar-refractivity contribution is -0.134. The van der Waals surface area contributed by atoms with Crippen LogP contribution in [0.5, 0.6) is 0 Å². The van der Waals surface area contributed by atoms with Gasteiger partial charge in [-0.25, -0.2) is 19.4 Å². The van der Waals surface area contributed by atoms with E-state index in [0.29, 0.717) is 5.39 Å². The lowest BCUT2D eigenvalue weighted by atomic mass is 9.97. The van der Waals surface area contributed by atoms with Crippen LogP contribution in [0.4, 0.5) is 5.82 Å². The van der Waals surface area contributed by atoms with Gasteiger partial charge in [-0.2, -0.15) is 5.10 Å². The number of nitrogens with two attached hydrogens (primary N) is 1. The SMILES string of the molecule is COC(=O)/C=C/c1nn(C2O[C@H](CO)[C@@H](O)[C@@]2(C)O)c2ncnc(N)c12. The molecule has 0 bridgehead atoms. The van der Waals surface area contributed by atoms with Crippen molar-refractivity contribution in [1.82, 2.24) is 19.7 Å². The Labute approximate surface area is 147 Å².